The molecule has 0 amide bonds. The van der Waals surface area contributed by atoms with Crippen molar-refractivity contribution in [1.29, 1.82) is 5.41 Å². The number of ether oxygens (including phenoxy) is 1. The molecule has 0 bridgehead atoms. The molecule has 98 valence electrons. The summed E-state index contributed by atoms with van der Waals surface area (Å²) in [7, 11) is 1.61. The highest BCUT2D eigenvalue weighted by Gasteiger charge is 2.05. The second-order valence-corrected chi connectivity index (χ2v) is 4.21. The Hall–Kier alpha value is -2.04. The zero-order valence-electron chi connectivity index (χ0n) is 11.1. The third-order valence-corrected chi connectivity index (χ3v) is 2.46. The highest BCUT2D eigenvalue weighted by Crippen LogP contribution is 2.25. The molecule has 0 heterocycles. The molecule has 0 aromatic heterocycles. The van der Waals surface area contributed by atoms with Crippen LogP contribution in [0, 0.1) is 5.41 Å². The van der Waals surface area contributed by atoms with Crippen LogP contribution in [0.15, 0.2) is 29.4 Å². The first-order chi connectivity index (χ1) is 8.52. The van der Waals surface area contributed by atoms with Crippen molar-refractivity contribution in [2.24, 2.45) is 10.8 Å². The maximum Gasteiger partial charge on any atom is 0.208 e. The molecule has 1 aromatic carbocycles. The summed E-state index contributed by atoms with van der Waals surface area (Å²) in [5.41, 5.74) is 6.42. The number of nitrogens with zero attached hydrogens (tertiary/aromatic N) is 2. The van der Waals surface area contributed by atoms with Crippen molar-refractivity contribution in [1.82, 2.24) is 5.01 Å². The molecule has 0 aliphatic carbocycles. The maximum atomic E-state index is 7.14. The lowest BCUT2D eigenvalue weighted by molar-refractivity contribution is 0.371. The molecule has 0 aliphatic heterocycles. The van der Waals surface area contributed by atoms with Crippen molar-refractivity contribution >= 4 is 12.2 Å². The standard InChI is InChI=1S/C13H20N4O/c1-10(2)11-6-4-5-7-12(11)18-9-8-16-17(3)13(14)15/h4-8,10H,9H2,1-3H3,(H3,14,15). The number of nitrogens with one attached hydrogen (secondary N) is 1. The predicted molar refractivity (Wildman–Crippen MR) is 74.2 cm³/mol. The fourth-order valence-electron chi connectivity index (χ4n) is 1.43. The minimum absolute atomic E-state index is 0.103. The zero-order valence-corrected chi connectivity index (χ0v) is 11.1. The summed E-state index contributed by atoms with van der Waals surface area (Å²) in [4.78, 5) is 0. The highest BCUT2D eigenvalue weighted by atomic mass is 16.5. The van der Waals surface area contributed by atoms with Crippen LogP contribution in [0.25, 0.3) is 0 Å². The van der Waals surface area contributed by atoms with E-state index in [1.54, 1.807) is 13.3 Å². The van der Waals surface area contributed by atoms with Gasteiger partial charge in [-0.25, -0.2) is 5.01 Å². The van der Waals surface area contributed by atoms with Gasteiger partial charge in [0.05, 0.1) is 6.21 Å². The Bertz CT molecular complexity index is 429. The van der Waals surface area contributed by atoms with Gasteiger partial charge < -0.3 is 10.5 Å². The largest absolute Gasteiger partial charge is 0.488 e. The SMILES string of the molecule is CC(C)c1ccccc1OCC=NN(C)C(=N)N. The van der Waals surface area contributed by atoms with Gasteiger partial charge in [0.15, 0.2) is 0 Å². The predicted octanol–water partition coefficient (Wildman–Crippen LogP) is 2.00. The third-order valence-electron chi connectivity index (χ3n) is 2.46. The number of nitrogens with two attached hydrogens (primary N) is 1. The van der Waals surface area contributed by atoms with Gasteiger partial charge in [-0.2, -0.15) is 5.10 Å². The molecule has 5 nitrogen and oxygen atoms in total. The molecule has 1 aromatic rings. The first kappa shape index (κ1) is 14.0. The Morgan fingerprint density at radius 1 is 1.50 bits per heavy atom. The molecule has 3 N–H and O–H groups in total. The topological polar surface area (TPSA) is 74.7 Å². The Morgan fingerprint density at radius 3 is 2.78 bits per heavy atom. The smallest absolute Gasteiger partial charge is 0.208 e. The van der Waals surface area contributed by atoms with Crippen molar-refractivity contribution < 1.29 is 4.74 Å². The van der Waals surface area contributed by atoms with Gasteiger partial charge in [-0.15, -0.1) is 0 Å². The third kappa shape index (κ3) is 4.08. The molecule has 0 saturated heterocycles. The minimum atomic E-state index is -0.103. The minimum Gasteiger partial charge on any atom is -0.488 e. The van der Waals surface area contributed by atoms with Gasteiger partial charge in [0.25, 0.3) is 0 Å². The molecular weight excluding hydrogens is 228 g/mol. The maximum absolute atomic E-state index is 7.14. The number of benzene rings is 1. The normalized spacial score (nSPS) is 10.9. The molecule has 0 spiro atoms. The summed E-state index contributed by atoms with van der Waals surface area (Å²) in [6.45, 7) is 4.60. The molecule has 5 heteroatoms. The molecule has 0 saturated carbocycles. The van der Waals surface area contributed by atoms with E-state index in [0.29, 0.717) is 12.5 Å². The Morgan fingerprint density at radius 2 is 2.17 bits per heavy atom. The molecule has 0 radical (unpaired) electrons. The number of para-hydroxylation sites is 1. The lowest BCUT2D eigenvalue weighted by atomic mass is 10.0. The van der Waals surface area contributed by atoms with Crippen molar-refractivity contribution in [3.05, 3.63) is 29.8 Å². The highest BCUT2D eigenvalue weighted by molar-refractivity contribution is 5.75. The van der Waals surface area contributed by atoms with Crippen molar-refractivity contribution in [3.8, 4) is 5.75 Å². The second kappa shape index (κ2) is 6.64. The summed E-state index contributed by atoms with van der Waals surface area (Å²) >= 11 is 0. The lowest BCUT2D eigenvalue weighted by Gasteiger charge is -2.13. The van der Waals surface area contributed by atoms with E-state index in [1.807, 2.05) is 18.2 Å². The summed E-state index contributed by atoms with van der Waals surface area (Å²) < 4.78 is 5.64. The van der Waals surface area contributed by atoms with Gasteiger partial charge in [-0.1, -0.05) is 32.0 Å². The van der Waals surface area contributed by atoms with Crippen LogP contribution >= 0.6 is 0 Å². The lowest BCUT2D eigenvalue weighted by Crippen LogP contribution is -2.28. The number of hydrogen-bond acceptors (Lipinski definition) is 3. The van der Waals surface area contributed by atoms with Crippen LogP contribution < -0.4 is 10.5 Å². The van der Waals surface area contributed by atoms with E-state index < -0.39 is 0 Å². The van der Waals surface area contributed by atoms with E-state index in [1.165, 1.54) is 10.6 Å². The van der Waals surface area contributed by atoms with Crippen LogP contribution in [-0.4, -0.2) is 30.8 Å². The van der Waals surface area contributed by atoms with Crippen LogP contribution in [0.3, 0.4) is 0 Å². The average Bonchev–Trinajstić information content (AvgIpc) is 2.34. The number of hydrazone groups is 1. The van der Waals surface area contributed by atoms with Gasteiger partial charge in [0, 0.05) is 7.05 Å². The Balaban J connectivity index is 2.56. The van der Waals surface area contributed by atoms with E-state index in [0.717, 1.165) is 5.75 Å². The Kier molecular flexibility index (Phi) is 5.17. The average molecular weight is 248 g/mol. The van der Waals surface area contributed by atoms with E-state index in [2.05, 4.69) is 25.0 Å². The monoisotopic (exact) mass is 248 g/mol. The molecule has 0 unspecified atom stereocenters. The van der Waals surface area contributed by atoms with Gasteiger partial charge in [0.1, 0.15) is 12.4 Å². The summed E-state index contributed by atoms with van der Waals surface area (Å²) in [6, 6.07) is 7.94. The van der Waals surface area contributed by atoms with E-state index in [-0.39, 0.29) is 5.96 Å². The zero-order chi connectivity index (χ0) is 13.5. The van der Waals surface area contributed by atoms with Gasteiger partial charge in [-0.05, 0) is 17.5 Å². The fraction of sp³-hybridized carbons (Fsp3) is 0.385. The first-order valence-corrected chi connectivity index (χ1v) is 5.84. The Labute approximate surface area is 108 Å². The van der Waals surface area contributed by atoms with Crippen LogP contribution in [0.5, 0.6) is 5.75 Å². The quantitative estimate of drug-likeness (QED) is 0.475. The molecule has 0 atom stereocenters. The second-order valence-electron chi connectivity index (χ2n) is 4.21. The van der Waals surface area contributed by atoms with Crippen molar-refractivity contribution in [3.63, 3.8) is 0 Å². The number of rotatable bonds is 5. The van der Waals surface area contributed by atoms with E-state index >= 15 is 0 Å². The molecular formula is C13H20N4O. The van der Waals surface area contributed by atoms with E-state index in [9.17, 15) is 0 Å². The van der Waals surface area contributed by atoms with Crippen LogP contribution in [0.2, 0.25) is 0 Å². The van der Waals surface area contributed by atoms with Gasteiger partial charge >= 0.3 is 0 Å². The van der Waals surface area contributed by atoms with Crippen LogP contribution in [-0.2, 0) is 0 Å². The van der Waals surface area contributed by atoms with Crippen LogP contribution in [0.1, 0.15) is 25.3 Å². The molecule has 0 aliphatic rings. The summed E-state index contributed by atoms with van der Waals surface area (Å²) in [5.74, 6) is 1.18. The molecule has 1 rings (SSSR count). The fourth-order valence-corrected chi connectivity index (χ4v) is 1.43. The number of hydrogen-bond donors (Lipinski definition) is 2. The summed E-state index contributed by atoms with van der Waals surface area (Å²) in [5, 5.41) is 12.4. The van der Waals surface area contributed by atoms with E-state index in [4.69, 9.17) is 15.9 Å². The summed E-state index contributed by atoms with van der Waals surface area (Å²) in [6.07, 6.45) is 1.58. The molecule has 0 fully saturated rings. The number of guanidine groups is 1. The van der Waals surface area contributed by atoms with Crippen LogP contribution in [0.4, 0.5) is 0 Å². The van der Waals surface area contributed by atoms with Crippen molar-refractivity contribution in [2.45, 2.75) is 19.8 Å². The van der Waals surface area contributed by atoms with Gasteiger partial charge in [-0.3, -0.25) is 5.41 Å². The molecule has 18 heavy (non-hydrogen) atoms. The van der Waals surface area contributed by atoms with Gasteiger partial charge in [0.2, 0.25) is 5.96 Å². The first-order valence-electron chi connectivity index (χ1n) is 5.84. The van der Waals surface area contributed by atoms with Crippen molar-refractivity contribution in [2.75, 3.05) is 13.7 Å².